The maximum absolute atomic E-state index is 12.1. The normalized spacial score (nSPS) is 10.9. The fourth-order valence-corrected chi connectivity index (χ4v) is 2.25. The third kappa shape index (κ3) is 1.99. The molecule has 0 amide bonds. The molecule has 1 aromatic heterocycles. The van der Waals surface area contributed by atoms with Gasteiger partial charge in [0.2, 0.25) is 0 Å². The molecule has 0 radical (unpaired) electrons. The molecule has 0 aliphatic heterocycles. The second kappa shape index (κ2) is 4.56. The van der Waals surface area contributed by atoms with Crippen molar-refractivity contribution in [3.63, 3.8) is 0 Å². The fraction of sp³-hybridized carbons (Fsp3) is 0.0625. The van der Waals surface area contributed by atoms with Crippen LogP contribution in [-0.2, 0) is 0 Å². The van der Waals surface area contributed by atoms with Crippen LogP contribution in [0, 0.1) is 6.92 Å². The van der Waals surface area contributed by atoms with E-state index in [0.29, 0.717) is 10.9 Å². The quantitative estimate of drug-likeness (QED) is 0.472. The molecule has 21 heavy (non-hydrogen) atoms. The molecule has 3 N–H and O–H groups in total. The number of phenolic OH excluding ortho intramolecular Hbond substituents is 2. The van der Waals surface area contributed by atoms with Crippen LogP contribution in [0.15, 0.2) is 45.6 Å². The minimum absolute atomic E-state index is 0.0232. The highest BCUT2D eigenvalue weighted by Crippen LogP contribution is 2.39. The van der Waals surface area contributed by atoms with Crippen LogP contribution >= 0.6 is 0 Å². The molecular formula is C16H12O5. The highest BCUT2D eigenvalue weighted by molar-refractivity contribution is 5.91. The SMILES string of the molecule is Cc1cc(O)c(-c2c(O)c3ccccc3oc2=O)cc1O. The summed E-state index contributed by atoms with van der Waals surface area (Å²) in [7, 11) is 0. The van der Waals surface area contributed by atoms with Gasteiger partial charge in [0.15, 0.2) is 0 Å². The Hall–Kier alpha value is -2.95. The van der Waals surface area contributed by atoms with Crippen molar-refractivity contribution >= 4 is 11.0 Å². The highest BCUT2D eigenvalue weighted by Gasteiger charge is 2.19. The Balaban J connectivity index is 2.41. The number of hydrogen-bond donors (Lipinski definition) is 3. The van der Waals surface area contributed by atoms with Crippen molar-refractivity contribution in [1.29, 1.82) is 0 Å². The van der Waals surface area contributed by atoms with Gasteiger partial charge in [-0.2, -0.15) is 0 Å². The molecule has 0 fully saturated rings. The molecular weight excluding hydrogens is 272 g/mol. The third-order valence-electron chi connectivity index (χ3n) is 3.37. The van der Waals surface area contributed by atoms with Crippen LogP contribution in [-0.4, -0.2) is 15.3 Å². The van der Waals surface area contributed by atoms with Crippen molar-refractivity contribution < 1.29 is 19.7 Å². The van der Waals surface area contributed by atoms with Crippen LogP contribution in [0.2, 0.25) is 0 Å². The van der Waals surface area contributed by atoms with Crippen molar-refractivity contribution in [2.45, 2.75) is 6.92 Å². The summed E-state index contributed by atoms with van der Waals surface area (Å²) >= 11 is 0. The third-order valence-corrected chi connectivity index (χ3v) is 3.37. The van der Waals surface area contributed by atoms with E-state index < -0.39 is 5.63 Å². The fourth-order valence-electron chi connectivity index (χ4n) is 2.25. The molecule has 1 heterocycles. The number of rotatable bonds is 1. The summed E-state index contributed by atoms with van der Waals surface area (Å²) in [4.78, 5) is 12.1. The minimum Gasteiger partial charge on any atom is -0.508 e. The molecule has 0 unspecified atom stereocenters. The Labute approximate surface area is 119 Å². The van der Waals surface area contributed by atoms with E-state index in [0.717, 1.165) is 0 Å². The Morgan fingerprint density at radius 1 is 1.00 bits per heavy atom. The number of phenols is 2. The van der Waals surface area contributed by atoms with E-state index in [2.05, 4.69) is 0 Å². The summed E-state index contributed by atoms with van der Waals surface area (Å²) in [6, 6.07) is 9.08. The van der Waals surface area contributed by atoms with Crippen LogP contribution < -0.4 is 5.63 Å². The van der Waals surface area contributed by atoms with Crippen LogP contribution in [0.5, 0.6) is 17.2 Å². The number of fused-ring (bicyclic) bond motifs is 1. The highest BCUT2D eigenvalue weighted by atomic mass is 16.4. The van der Waals surface area contributed by atoms with Gasteiger partial charge in [0.25, 0.3) is 0 Å². The summed E-state index contributed by atoms with van der Waals surface area (Å²) < 4.78 is 5.14. The molecule has 5 nitrogen and oxygen atoms in total. The zero-order valence-corrected chi connectivity index (χ0v) is 11.1. The van der Waals surface area contributed by atoms with Crippen LogP contribution in [0.25, 0.3) is 22.1 Å². The maximum atomic E-state index is 12.1. The Morgan fingerprint density at radius 3 is 2.48 bits per heavy atom. The maximum Gasteiger partial charge on any atom is 0.348 e. The van der Waals surface area contributed by atoms with Gasteiger partial charge >= 0.3 is 5.63 Å². The second-order valence-corrected chi connectivity index (χ2v) is 4.77. The number of aromatic hydroxyl groups is 3. The molecule has 2 aromatic carbocycles. The first kappa shape index (κ1) is 13.1. The van der Waals surface area contributed by atoms with Crippen molar-refractivity contribution in [1.82, 2.24) is 0 Å². The van der Waals surface area contributed by atoms with E-state index in [9.17, 15) is 20.1 Å². The van der Waals surface area contributed by atoms with E-state index >= 15 is 0 Å². The first-order valence-corrected chi connectivity index (χ1v) is 6.27. The van der Waals surface area contributed by atoms with Gasteiger partial charge in [0.1, 0.15) is 28.4 Å². The Bertz CT molecular complexity index is 908. The second-order valence-electron chi connectivity index (χ2n) is 4.77. The summed E-state index contributed by atoms with van der Waals surface area (Å²) in [6.07, 6.45) is 0. The standard InChI is InChI=1S/C16H12O5/c1-8-6-12(18)10(7-11(8)17)14-15(19)9-4-2-3-5-13(9)21-16(14)20/h2-7,17-19H,1H3. The van der Waals surface area contributed by atoms with Gasteiger partial charge in [0, 0.05) is 5.56 Å². The number of para-hydroxylation sites is 1. The molecule has 3 aromatic rings. The molecule has 0 bridgehead atoms. The zero-order valence-electron chi connectivity index (χ0n) is 11.1. The van der Waals surface area contributed by atoms with Crippen molar-refractivity contribution in [3.05, 3.63) is 52.4 Å². The summed E-state index contributed by atoms with van der Waals surface area (Å²) in [5, 5.41) is 30.4. The van der Waals surface area contributed by atoms with Gasteiger partial charge in [-0.05, 0) is 36.8 Å². The molecule has 0 aliphatic carbocycles. The zero-order chi connectivity index (χ0) is 15.1. The van der Waals surface area contributed by atoms with Crippen LogP contribution in [0.1, 0.15) is 5.56 Å². The van der Waals surface area contributed by atoms with Crippen molar-refractivity contribution in [3.8, 4) is 28.4 Å². The molecule has 0 spiro atoms. The van der Waals surface area contributed by atoms with Gasteiger partial charge in [-0.25, -0.2) is 4.79 Å². The van der Waals surface area contributed by atoms with E-state index in [-0.39, 0.29) is 34.0 Å². The molecule has 5 heteroatoms. The lowest BCUT2D eigenvalue weighted by atomic mass is 10.0. The molecule has 3 rings (SSSR count). The minimum atomic E-state index is -0.787. The number of aryl methyl sites for hydroxylation is 1. The Kier molecular flexibility index (Phi) is 2.83. The summed E-state index contributed by atoms with van der Waals surface area (Å²) in [5.74, 6) is -0.599. The largest absolute Gasteiger partial charge is 0.508 e. The Morgan fingerprint density at radius 2 is 1.71 bits per heavy atom. The van der Waals surface area contributed by atoms with E-state index in [1.54, 1.807) is 31.2 Å². The van der Waals surface area contributed by atoms with Gasteiger partial charge in [-0.15, -0.1) is 0 Å². The monoisotopic (exact) mass is 284 g/mol. The first-order chi connectivity index (χ1) is 9.99. The first-order valence-electron chi connectivity index (χ1n) is 6.27. The molecule has 0 saturated heterocycles. The average Bonchev–Trinajstić information content (AvgIpc) is 2.44. The van der Waals surface area contributed by atoms with Gasteiger partial charge in [0.05, 0.1) is 5.39 Å². The van der Waals surface area contributed by atoms with Crippen LogP contribution in [0.3, 0.4) is 0 Å². The lowest BCUT2D eigenvalue weighted by Gasteiger charge is -2.09. The summed E-state index contributed by atoms with van der Waals surface area (Å²) in [5.41, 5.74) is -0.234. The molecule has 0 atom stereocenters. The summed E-state index contributed by atoms with van der Waals surface area (Å²) in [6.45, 7) is 1.61. The predicted octanol–water partition coefficient (Wildman–Crippen LogP) is 2.89. The van der Waals surface area contributed by atoms with Gasteiger partial charge < -0.3 is 19.7 Å². The van der Waals surface area contributed by atoms with Crippen LogP contribution in [0.4, 0.5) is 0 Å². The van der Waals surface area contributed by atoms with Gasteiger partial charge in [-0.1, -0.05) is 12.1 Å². The molecule has 0 saturated carbocycles. The topological polar surface area (TPSA) is 90.9 Å². The number of benzene rings is 2. The molecule has 0 aliphatic rings. The van der Waals surface area contributed by atoms with E-state index in [4.69, 9.17) is 4.42 Å². The van der Waals surface area contributed by atoms with Gasteiger partial charge in [-0.3, -0.25) is 0 Å². The van der Waals surface area contributed by atoms with Crippen molar-refractivity contribution in [2.24, 2.45) is 0 Å². The van der Waals surface area contributed by atoms with Crippen molar-refractivity contribution in [2.75, 3.05) is 0 Å². The van der Waals surface area contributed by atoms with E-state index in [1.807, 2.05) is 0 Å². The predicted molar refractivity (Wildman–Crippen MR) is 77.7 cm³/mol. The lowest BCUT2D eigenvalue weighted by molar-refractivity contribution is 0.454. The smallest absolute Gasteiger partial charge is 0.348 e. The number of hydrogen-bond acceptors (Lipinski definition) is 5. The lowest BCUT2D eigenvalue weighted by Crippen LogP contribution is -2.04. The average molecular weight is 284 g/mol. The van der Waals surface area contributed by atoms with E-state index in [1.165, 1.54) is 12.1 Å². The molecule has 106 valence electrons.